The van der Waals surface area contributed by atoms with Gasteiger partial charge in [-0.15, -0.1) is 0 Å². The molecule has 1 aliphatic heterocycles. The number of amides is 1. The third kappa shape index (κ3) is 11.2. The average molecular weight is 419 g/mol. The first kappa shape index (κ1) is 24.6. The van der Waals surface area contributed by atoms with Gasteiger partial charge in [-0.25, -0.2) is 4.79 Å². The fourth-order valence-corrected chi connectivity index (χ4v) is 5.14. The van der Waals surface area contributed by atoms with Crippen LogP contribution in [0.25, 0.3) is 0 Å². The topological polar surface area (TPSA) is 82.8 Å². The Morgan fingerprint density at radius 1 is 1.19 bits per heavy atom. The van der Waals surface area contributed by atoms with Crippen LogP contribution in [0.5, 0.6) is 0 Å². The molecule has 0 aromatic heterocycles. The highest BCUT2D eigenvalue weighted by molar-refractivity contribution is 6.76. The van der Waals surface area contributed by atoms with Crippen LogP contribution in [-0.2, 0) is 13.9 Å². The van der Waals surface area contributed by atoms with E-state index in [1.165, 1.54) is 0 Å². The first-order valence-electron chi connectivity index (χ1n) is 10.3. The van der Waals surface area contributed by atoms with E-state index in [2.05, 4.69) is 44.6 Å². The highest BCUT2D eigenvalue weighted by Gasteiger charge is 2.33. The maximum absolute atomic E-state index is 12.2. The number of carbonyl (C=O) groups is 1. The Labute approximate surface area is 168 Å². The van der Waals surface area contributed by atoms with Crippen molar-refractivity contribution in [3.63, 3.8) is 0 Å². The summed E-state index contributed by atoms with van der Waals surface area (Å²) in [4.78, 5) is 12.2. The molecular weight excluding hydrogens is 376 g/mol. The van der Waals surface area contributed by atoms with Crippen molar-refractivity contribution in [2.75, 3.05) is 19.8 Å². The van der Waals surface area contributed by atoms with Gasteiger partial charge in [-0.05, 0) is 57.8 Å². The summed E-state index contributed by atoms with van der Waals surface area (Å²) in [6.45, 7) is 17.3. The quantitative estimate of drug-likeness (QED) is 0.527. The van der Waals surface area contributed by atoms with Crippen LogP contribution >= 0.6 is 0 Å². The SMILES string of the molecule is CC(NC(=O)OCC[Si](C)(C)C)C(O[Si](C)(C)C)C(N)CC1CCOCC1. The molecule has 3 atom stereocenters. The van der Waals surface area contributed by atoms with Crippen molar-refractivity contribution in [2.45, 2.75) is 89.7 Å². The summed E-state index contributed by atoms with van der Waals surface area (Å²) < 4.78 is 17.2. The van der Waals surface area contributed by atoms with Crippen LogP contribution in [0.15, 0.2) is 0 Å². The van der Waals surface area contributed by atoms with Crippen LogP contribution in [-0.4, -0.2) is 60.5 Å². The summed E-state index contributed by atoms with van der Waals surface area (Å²) in [6, 6.07) is 0.662. The molecule has 1 heterocycles. The Bertz CT molecular complexity index is 446. The fourth-order valence-electron chi connectivity index (χ4n) is 3.23. The van der Waals surface area contributed by atoms with E-state index in [0.717, 1.165) is 38.5 Å². The predicted molar refractivity (Wildman–Crippen MR) is 116 cm³/mol. The molecule has 1 fully saturated rings. The molecule has 6 nitrogen and oxygen atoms in total. The molecule has 0 aromatic carbocycles. The maximum atomic E-state index is 12.2. The van der Waals surface area contributed by atoms with Crippen molar-refractivity contribution in [2.24, 2.45) is 11.7 Å². The van der Waals surface area contributed by atoms with Crippen LogP contribution in [0.1, 0.15) is 26.2 Å². The van der Waals surface area contributed by atoms with Crippen molar-refractivity contribution in [3.8, 4) is 0 Å². The van der Waals surface area contributed by atoms with Crippen molar-refractivity contribution < 1.29 is 18.7 Å². The van der Waals surface area contributed by atoms with E-state index in [-0.39, 0.29) is 24.3 Å². The summed E-state index contributed by atoms with van der Waals surface area (Å²) in [7, 11) is -3.02. The molecule has 0 radical (unpaired) electrons. The summed E-state index contributed by atoms with van der Waals surface area (Å²) in [6.07, 6.45) is 2.42. The highest BCUT2D eigenvalue weighted by Crippen LogP contribution is 2.23. The lowest BCUT2D eigenvalue weighted by molar-refractivity contribution is 0.0497. The van der Waals surface area contributed by atoms with Gasteiger partial charge in [-0.2, -0.15) is 0 Å². The van der Waals surface area contributed by atoms with Gasteiger partial charge in [0.25, 0.3) is 0 Å². The van der Waals surface area contributed by atoms with Crippen LogP contribution in [0.2, 0.25) is 45.3 Å². The van der Waals surface area contributed by atoms with E-state index >= 15 is 0 Å². The van der Waals surface area contributed by atoms with Gasteiger partial charge in [0.1, 0.15) is 0 Å². The van der Waals surface area contributed by atoms with E-state index in [1.807, 2.05) is 6.92 Å². The van der Waals surface area contributed by atoms with Crippen molar-refractivity contribution >= 4 is 22.5 Å². The molecule has 1 aliphatic rings. The standard InChI is InChI=1S/C19H42N2O4Si2/c1-15(21-19(22)24-12-13-26(2,3)4)18(25-27(5,6)7)17(20)14-16-8-10-23-11-9-16/h15-18H,8-14,20H2,1-7H3,(H,21,22). The monoisotopic (exact) mass is 418 g/mol. The number of hydrogen-bond donors (Lipinski definition) is 2. The summed E-state index contributed by atoms with van der Waals surface area (Å²) in [5.74, 6) is 0.567. The molecule has 1 rings (SSSR count). The van der Waals surface area contributed by atoms with Crippen molar-refractivity contribution in [3.05, 3.63) is 0 Å². The van der Waals surface area contributed by atoms with Crippen LogP contribution in [0.3, 0.4) is 0 Å². The summed E-state index contributed by atoms with van der Waals surface area (Å²) in [5.41, 5.74) is 6.56. The number of ether oxygens (including phenoxy) is 2. The predicted octanol–water partition coefficient (Wildman–Crippen LogP) is 3.80. The lowest BCUT2D eigenvalue weighted by Crippen LogP contribution is -2.55. The first-order chi connectivity index (χ1) is 12.4. The van der Waals surface area contributed by atoms with E-state index < -0.39 is 16.4 Å². The van der Waals surface area contributed by atoms with Crippen LogP contribution in [0.4, 0.5) is 4.79 Å². The zero-order valence-electron chi connectivity index (χ0n) is 18.5. The molecule has 1 amide bonds. The van der Waals surface area contributed by atoms with Crippen molar-refractivity contribution in [1.82, 2.24) is 5.32 Å². The Balaban J connectivity index is 2.61. The second-order valence-electron chi connectivity index (χ2n) is 10.0. The minimum absolute atomic E-state index is 0.114. The number of nitrogens with two attached hydrogens (primary N) is 1. The van der Waals surface area contributed by atoms with Crippen LogP contribution in [0, 0.1) is 5.92 Å². The molecule has 0 aliphatic carbocycles. The summed E-state index contributed by atoms with van der Waals surface area (Å²) >= 11 is 0. The Kier molecular flexibility index (Phi) is 9.98. The Hall–Kier alpha value is -0.416. The van der Waals surface area contributed by atoms with E-state index in [1.54, 1.807) is 0 Å². The van der Waals surface area contributed by atoms with Gasteiger partial charge in [0.05, 0.1) is 18.8 Å². The number of alkyl carbamates (subject to hydrolysis) is 1. The minimum Gasteiger partial charge on any atom is -0.450 e. The fraction of sp³-hybridized carbons (Fsp3) is 0.947. The molecule has 0 spiro atoms. The zero-order chi connectivity index (χ0) is 20.7. The highest BCUT2D eigenvalue weighted by atomic mass is 28.4. The molecule has 3 unspecified atom stereocenters. The van der Waals surface area contributed by atoms with Gasteiger partial charge in [0.15, 0.2) is 8.32 Å². The lowest BCUT2D eigenvalue weighted by Gasteiger charge is -2.37. The third-order valence-electron chi connectivity index (χ3n) is 4.78. The summed E-state index contributed by atoms with van der Waals surface area (Å²) in [5, 5.41) is 2.95. The van der Waals surface area contributed by atoms with E-state index in [4.69, 9.17) is 19.6 Å². The van der Waals surface area contributed by atoms with Crippen molar-refractivity contribution in [1.29, 1.82) is 0 Å². The van der Waals surface area contributed by atoms with Gasteiger partial charge in [-0.3, -0.25) is 0 Å². The van der Waals surface area contributed by atoms with Gasteiger partial charge in [0, 0.05) is 27.3 Å². The van der Waals surface area contributed by atoms with Gasteiger partial charge in [0.2, 0.25) is 0 Å². The first-order valence-corrected chi connectivity index (χ1v) is 17.4. The molecule has 0 bridgehead atoms. The second kappa shape index (κ2) is 10.9. The lowest BCUT2D eigenvalue weighted by atomic mass is 9.89. The minimum atomic E-state index is -1.80. The molecule has 0 aromatic rings. The molecular formula is C19H42N2O4Si2. The number of nitrogens with one attached hydrogen (secondary N) is 1. The average Bonchev–Trinajstić information content (AvgIpc) is 2.51. The Morgan fingerprint density at radius 2 is 1.78 bits per heavy atom. The third-order valence-corrected chi connectivity index (χ3v) is 7.46. The molecule has 160 valence electrons. The van der Waals surface area contributed by atoms with Crippen LogP contribution < -0.4 is 11.1 Å². The van der Waals surface area contributed by atoms with Gasteiger partial charge < -0.3 is 25.0 Å². The van der Waals surface area contributed by atoms with E-state index in [9.17, 15) is 4.79 Å². The number of carbonyl (C=O) groups excluding carboxylic acids is 1. The molecule has 3 N–H and O–H groups in total. The zero-order valence-corrected chi connectivity index (χ0v) is 20.5. The largest absolute Gasteiger partial charge is 0.450 e. The van der Waals surface area contributed by atoms with Gasteiger partial charge >= 0.3 is 6.09 Å². The molecule has 8 heteroatoms. The van der Waals surface area contributed by atoms with Gasteiger partial charge in [-0.1, -0.05) is 19.6 Å². The normalized spacial score (nSPS) is 20.0. The number of hydrogen-bond acceptors (Lipinski definition) is 5. The maximum Gasteiger partial charge on any atom is 0.407 e. The smallest absolute Gasteiger partial charge is 0.407 e. The van der Waals surface area contributed by atoms with E-state index in [0.29, 0.717) is 12.5 Å². The molecule has 0 saturated carbocycles. The number of rotatable bonds is 10. The second-order valence-corrected chi connectivity index (χ2v) is 20.1. The molecule has 1 saturated heterocycles. The Morgan fingerprint density at radius 3 is 2.30 bits per heavy atom. The molecule has 27 heavy (non-hydrogen) atoms.